The fraction of sp³-hybridized carbons (Fsp3) is 0.538. The maximum atomic E-state index is 5.30. The van der Waals surface area contributed by atoms with Gasteiger partial charge in [-0.25, -0.2) is 0 Å². The monoisotopic (exact) mass is 240 g/mol. The lowest BCUT2D eigenvalue weighted by Crippen LogP contribution is -1.96. The van der Waals surface area contributed by atoms with Gasteiger partial charge in [-0.2, -0.15) is 12.6 Å². The van der Waals surface area contributed by atoms with E-state index < -0.39 is 0 Å². The van der Waals surface area contributed by atoms with E-state index in [9.17, 15) is 0 Å². The van der Waals surface area contributed by atoms with Crippen LogP contribution in [0.2, 0.25) is 0 Å². The number of aryl methyl sites for hydroxylation is 2. The summed E-state index contributed by atoms with van der Waals surface area (Å²) in [6.45, 7) is 2.11. The highest BCUT2D eigenvalue weighted by molar-refractivity contribution is 7.80. The van der Waals surface area contributed by atoms with Crippen LogP contribution < -0.4 is 9.47 Å². The zero-order valence-electron chi connectivity index (χ0n) is 10.2. The molecular formula is C13H20O2S. The zero-order valence-corrected chi connectivity index (χ0v) is 11.1. The molecule has 90 valence electrons. The third kappa shape index (κ3) is 3.34. The van der Waals surface area contributed by atoms with Gasteiger partial charge < -0.3 is 9.47 Å². The van der Waals surface area contributed by atoms with Gasteiger partial charge in [0.25, 0.3) is 0 Å². The van der Waals surface area contributed by atoms with Gasteiger partial charge in [-0.05, 0) is 55.2 Å². The first-order valence-corrected chi connectivity index (χ1v) is 6.18. The molecule has 2 nitrogen and oxygen atoms in total. The maximum absolute atomic E-state index is 5.30. The Kier molecular flexibility index (Phi) is 5.53. The standard InChI is InChI=1S/C13H20O2S/c1-10-8-12(14-2)13(15-3)9-11(10)6-4-5-7-16/h8-9,16H,4-7H2,1-3H3. The van der Waals surface area contributed by atoms with Crippen LogP contribution in [0.5, 0.6) is 11.5 Å². The lowest BCUT2D eigenvalue weighted by Gasteiger charge is -2.12. The van der Waals surface area contributed by atoms with Crippen molar-refractivity contribution in [3.8, 4) is 11.5 Å². The van der Waals surface area contributed by atoms with Crippen LogP contribution in [0.1, 0.15) is 24.0 Å². The SMILES string of the molecule is COc1cc(C)c(CCCCS)cc1OC. The lowest BCUT2D eigenvalue weighted by molar-refractivity contribution is 0.354. The van der Waals surface area contributed by atoms with Crippen molar-refractivity contribution in [3.05, 3.63) is 23.3 Å². The predicted octanol–water partition coefficient (Wildman–Crippen LogP) is 3.26. The molecule has 1 aromatic carbocycles. The maximum Gasteiger partial charge on any atom is 0.161 e. The van der Waals surface area contributed by atoms with Crippen molar-refractivity contribution in [2.24, 2.45) is 0 Å². The van der Waals surface area contributed by atoms with Crippen molar-refractivity contribution in [2.45, 2.75) is 26.2 Å². The Balaban J connectivity index is 2.84. The number of rotatable bonds is 6. The number of ether oxygens (including phenoxy) is 2. The molecule has 0 aliphatic carbocycles. The third-order valence-corrected chi connectivity index (χ3v) is 3.01. The molecule has 0 aliphatic rings. The second kappa shape index (κ2) is 6.69. The quantitative estimate of drug-likeness (QED) is 0.608. The molecule has 16 heavy (non-hydrogen) atoms. The zero-order chi connectivity index (χ0) is 12.0. The highest BCUT2D eigenvalue weighted by Gasteiger charge is 2.07. The molecule has 0 atom stereocenters. The highest BCUT2D eigenvalue weighted by Crippen LogP contribution is 2.30. The molecular weight excluding hydrogens is 220 g/mol. The Morgan fingerprint density at radius 2 is 1.69 bits per heavy atom. The van der Waals surface area contributed by atoms with E-state index in [2.05, 4.69) is 25.6 Å². The van der Waals surface area contributed by atoms with Gasteiger partial charge in [0.1, 0.15) is 0 Å². The summed E-state index contributed by atoms with van der Waals surface area (Å²) in [7, 11) is 3.34. The Hall–Kier alpha value is -0.830. The van der Waals surface area contributed by atoms with E-state index in [1.807, 2.05) is 6.07 Å². The lowest BCUT2D eigenvalue weighted by atomic mass is 10.0. The largest absolute Gasteiger partial charge is 0.493 e. The number of methoxy groups -OCH3 is 2. The molecule has 0 heterocycles. The van der Waals surface area contributed by atoms with E-state index in [0.29, 0.717) is 0 Å². The summed E-state index contributed by atoms with van der Waals surface area (Å²) in [6.07, 6.45) is 3.39. The Labute approximate surface area is 103 Å². The van der Waals surface area contributed by atoms with E-state index in [1.54, 1.807) is 14.2 Å². The van der Waals surface area contributed by atoms with E-state index in [-0.39, 0.29) is 0 Å². The molecule has 0 spiro atoms. The molecule has 0 amide bonds. The van der Waals surface area contributed by atoms with Crippen LogP contribution in [0.3, 0.4) is 0 Å². The van der Waals surface area contributed by atoms with Gasteiger partial charge in [0.05, 0.1) is 14.2 Å². The van der Waals surface area contributed by atoms with Crippen molar-refractivity contribution in [2.75, 3.05) is 20.0 Å². The minimum absolute atomic E-state index is 0.804. The van der Waals surface area contributed by atoms with Crippen LogP contribution >= 0.6 is 12.6 Å². The van der Waals surface area contributed by atoms with Crippen LogP contribution in [0.4, 0.5) is 0 Å². The first-order chi connectivity index (χ1) is 7.72. The number of benzene rings is 1. The van der Waals surface area contributed by atoms with Crippen molar-refractivity contribution in [1.29, 1.82) is 0 Å². The number of thiol groups is 1. The molecule has 0 aliphatic heterocycles. The predicted molar refractivity (Wildman–Crippen MR) is 71.1 cm³/mol. The smallest absolute Gasteiger partial charge is 0.161 e. The van der Waals surface area contributed by atoms with Gasteiger partial charge in [-0.3, -0.25) is 0 Å². The van der Waals surface area contributed by atoms with Gasteiger partial charge in [0.2, 0.25) is 0 Å². The van der Waals surface area contributed by atoms with Crippen LogP contribution in [0, 0.1) is 6.92 Å². The van der Waals surface area contributed by atoms with Crippen molar-refractivity contribution < 1.29 is 9.47 Å². The molecule has 0 saturated heterocycles. The molecule has 0 aromatic heterocycles. The fourth-order valence-corrected chi connectivity index (χ4v) is 1.94. The van der Waals surface area contributed by atoms with Crippen LogP contribution in [0.15, 0.2) is 12.1 Å². The third-order valence-electron chi connectivity index (χ3n) is 2.70. The normalized spacial score (nSPS) is 10.2. The summed E-state index contributed by atoms with van der Waals surface area (Å²) in [4.78, 5) is 0. The average molecular weight is 240 g/mol. The summed E-state index contributed by atoms with van der Waals surface area (Å²) < 4.78 is 10.6. The number of unbranched alkanes of at least 4 members (excludes halogenated alkanes) is 1. The van der Waals surface area contributed by atoms with E-state index >= 15 is 0 Å². The minimum Gasteiger partial charge on any atom is -0.493 e. The van der Waals surface area contributed by atoms with E-state index in [4.69, 9.17) is 9.47 Å². The summed E-state index contributed by atoms with van der Waals surface area (Å²) in [6, 6.07) is 4.11. The molecule has 0 unspecified atom stereocenters. The van der Waals surface area contributed by atoms with Crippen molar-refractivity contribution >= 4 is 12.6 Å². The Morgan fingerprint density at radius 3 is 2.25 bits per heavy atom. The number of hydrogen-bond donors (Lipinski definition) is 1. The fourth-order valence-electron chi connectivity index (χ4n) is 1.72. The summed E-state index contributed by atoms with van der Waals surface area (Å²) in [5.74, 6) is 2.57. The van der Waals surface area contributed by atoms with Crippen molar-refractivity contribution in [3.63, 3.8) is 0 Å². The van der Waals surface area contributed by atoms with Gasteiger partial charge in [-0.15, -0.1) is 0 Å². The van der Waals surface area contributed by atoms with Gasteiger partial charge in [0.15, 0.2) is 11.5 Å². The molecule has 3 heteroatoms. The van der Waals surface area contributed by atoms with Gasteiger partial charge in [0, 0.05) is 0 Å². The average Bonchev–Trinajstić information content (AvgIpc) is 2.31. The highest BCUT2D eigenvalue weighted by atomic mass is 32.1. The molecule has 0 saturated carbocycles. The van der Waals surface area contributed by atoms with E-state index in [1.165, 1.54) is 17.5 Å². The first kappa shape index (κ1) is 13.2. The van der Waals surface area contributed by atoms with Crippen LogP contribution in [-0.2, 0) is 6.42 Å². The molecule has 0 N–H and O–H groups in total. The minimum atomic E-state index is 0.804. The Bertz CT molecular complexity index is 337. The van der Waals surface area contributed by atoms with Gasteiger partial charge >= 0.3 is 0 Å². The van der Waals surface area contributed by atoms with Crippen LogP contribution in [-0.4, -0.2) is 20.0 Å². The van der Waals surface area contributed by atoms with Crippen LogP contribution in [0.25, 0.3) is 0 Å². The van der Waals surface area contributed by atoms with Gasteiger partial charge in [-0.1, -0.05) is 0 Å². The topological polar surface area (TPSA) is 18.5 Å². The molecule has 0 radical (unpaired) electrons. The molecule has 0 bridgehead atoms. The summed E-state index contributed by atoms with van der Waals surface area (Å²) in [5.41, 5.74) is 2.59. The van der Waals surface area contributed by atoms with Crippen molar-refractivity contribution in [1.82, 2.24) is 0 Å². The second-order valence-corrected chi connectivity index (χ2v) is 4.26. The first-order valence-electron chi connectivity index (χ1n) is 5.55. The molecule has 1 aromatic rings. The summed E-state index contributed by atoms with van der Waals surface area (Å²) in [5, 5.41) is 0. The van der Waals surface area contributed by atoms with E-state index in [0.717, 1.165) is 30.1 Å². The summed E-state index contributed by atoms with van der Waals surface area (Å²) >= 11 is 4.22. The molecule has 0 fully saturated rings. The number of hydrogen-bond acceptors (Lipinski definition) is 3. The second-order valence-electron chi connectivity index (χ2n) is 3.81. The molecule has 1 rings (SSSR count). The Morgan fingerprint density at radius 1 is 1.06 bits per heavy atom.